The predicted octanol–water partition coefficient (Wildman–Crippen LogP) is 5.08. The molecule has 2 heterocycles. The summed E-state index contributed by atoms with van der Waals surface area (Å²) >= 11 is 5.92. The molecule has 0 radical (unpaired) electrons. The van der Waals surface area contributed by atoms with Crippen molar-refractivity contribution in [3.05, 3.63) is 59.1 Å². The van der Waals surface area contributed by atoms with E-state index in [0.29, 0.717) is 24.4 Å². The first-order valence-corrected chi connectivity index (χ1v) is 14.0. The van der Waals surface area contributed by atoms with E-state index >= 15 is 0 Å². The molecule has 3 aliphatic rings. The monoisotopic (exact) mass is 502 g/mol. The highest BCUT2D eigenvalue weighted by Gasteiger charge is 2.43. The van der Waals surface area contributed by atoms with Crippen molar-refractivity contribution in [2.24, 2.45) is 5.92 Å². The standard InChI is InChI=1S/C26H31ClN2O4S/c27-20-10-12-21(13-11-20)34(31,32)29-16-6-7-19(18-29)25(30)28-23-17-26(14-4-1-5-15-26)33-24-9-3-2-8-22(23)24/h2-3,8-13,19,23H,1,4-7,14-18H2,(H,28,30)/t19-,23+/m0/s1. The summed E-state index contributed by atoms with van der Waals surface area (Å²) in [5, 5.41) is 3.77. The van der Waals surface area contributed by atoms with Gasteiger partial charge >= 0.3 is 0 Å². The van der Waals surface area contributed by atoms with Gasteiger partial charge in [0.15, 0.2) is 0 Å². The molecular weight excluding hydrogens is 472 g/mol. The minimum absolute atomic E-state index is 0.0799. The molecule has 2 aromatic carbocycles. The summed E-state index contributed by atoms with van der Waals surface area (Å²) < 4.78 is 34.2. The number of halogens is 1. The third-order valence-electron chi connectivity index (χ3n) is 7.48. The molecule has 8 heteroatoms. The molecule has 0 aromatic heterocycles. The Bertz CT molecular complexity index is 1150. The highest BCUT2D eigenvalue weighted by atomic mass is 35.5. The molecule has 1 N–H and O–H groups in total. The molecule has 2 atom stereocenters. The van der Waals surface area contributed by atoms with Gasteiger partial charge in [0.1, 0.15) is 11.4 Å². The molecule has 182 valence electrons. The molecule has 1 spiro atoms. The first kappa shape index (κ1) is 23.6. The quantitative estimate of drug-likeness (QED) is 0.632. The fraction of sp³-hybridized carbons (Fsp3) is 0.500. The number of para-hydroxylation sites is 1. The second-order valence-corrected chi connectivity index (χ2v) is 12.2. The Morgan fingerprint density at radius 3 is 2.53 bits per heavy atom. The number of hydrogen-bond donors (Lipinski definition) is 1. The number of sulfonamides is 1. The number of hydrogen-bond acceptors (Lipinski definition) is 4. The fourth-order valence-electron chi connectivity index (χ4n) is 5.67. The normalized spacial score (nSPS) is 24.7. The van der Waals surface area contributed by atoms with E-state index < -0.39 is 10.0 Å². The summed E-state index contributed by atoms with van der Waals surface area (Å²) in [7, 11) is -3.67. The molecule has 1 aliphatic carbocycles. The zero-order valence-corrected chi connectivity index (χ0v) is 20.8. The summed E-state index contributed by atoms with van der Waals surface area (Å²) in [5.74, 6) is 0.397. The van der Waals surface area contributed by atoms with E-state index in [1.807, 2.05) is 24.3 Å². The van der Waals surface area contributed by atoms with Crippen molar-refractivity contribution in [2.45, 2.75) is 67.9 Å². The van der Waals surface area contributed by atoms with E-state index in [1.54, 1.807) is 12.1 Å². The molecule has 0 unspecified atom stereocenters. The SMILES string of the molecule is O=C(N[C@@H]1CC2(CCCCC2)Oc2ccccc21)[C@H]1CCCN(S(=O)(=O)c2ccc(Cl)cc2)C1. The highest BCUT2D eigenvalue weighted by Crippen LogP contribution is 2.46. The van der Waals surface area contributed by atoms with Gasteiger partial charge in [0.05, 0.1) is 16.9 Å². The molecule has 2 aromatic rings. The van der Waals surface area contributed by atoms with E-state index in [0.717, 1.165) is 43.4 Å². The van der Waals surface area contributed by atoms with Gasteiger partial charge in [-0.3, -0.25) is 4.79 Å². The number of carbonyl (C=O) groups is 1. The first-order chi connectivity index (χ1) is 16.4. The number of amides is 1. The van der Waals surface area contributed by atoms with Crippen LogP contribution in [0.15, 0.2) is 53.4 Å². The number of rotatable bonds is 4. The maximum atomic E-state index is 13.4. The van der Waals surface area contributed by atoms with Crippen LogP contribution in [0.25, 0.3) is 0 Å². The molecule has 1 amide bonds. The predicted molar refractivity (Wildman–Crippen MR) is 131 cm³/mol. The minimum Gasteiger partial charge on any atom is -0.487 e. The number of nitrogens with one attached hydrogen (secondary N) is 1. The van der Waals surface area contributed by atoms with Crippen LogP contribution < -0.4 is 10.1 Å². The number of carbonyl (C=O) groups excluding carboxylic acids is 1. The van der Waals surface area contributed by atoms with Crippen molar-refractivity contribution in [1.82, 2.24) is 9.62 Å². The largest absolute Gasteiger partial charge is 0.487 e. The summed E-state index contributed by atoms with van der Waals surface area (Å²) in [6, 6.07) is 14.0. The van der Waals surface area contributed by atoms with Crippen molar-refractivity contribution in [2.75, 3.05) is 13.1 Å². The van der Waals surface area contributed by atoms with Gasteiger partial charge in [-0.1, -0.05) is 36.2 Å². The van der Waals surface area contributed by atoms with E-state index in [4.69, 9.17) is 16.3 Å². The fourth-order valence-corrected chi connectivity index (χ4v) is 7.32. The smallest absolute Gasteiger partial charge is 0.243 e. The van der Waals surface area contributed by atoms with Crippen LogP contribution in [-0.2, 0) is 14.8 Å². The van der Waals surface area contributed by atoms with Gasteiger partial charge in [0.2, 0.25) is 15.9 Å². The summed E-state index contributed by atoms with van der Waals surface area (Å²) in [6.07, 6.45) is 7.60. The Labute approximate surface area is 206 Å². The zero-order chi connectivity index (χ0) is 23.8. The lowest BCUT2D eigenvalue weighted by atomic mass is 9.77. The number of ether oxygens (including phenoxy) is 1. The average molecular weight is 503 g/mol. The average Bonchev–Trinajstić information content (AvgIpc) is 2.85. The second kappa shape index (κ2) is 9.51. The number of nitrogens with zero attached hydrogens (tertiary/aromatic N) is 1. The summed E-state index contributed by atoms with van der Waals surface area (Å²) in [4.78, 5) is 13.6. The molecule has 1 saturated carbocycles. The number of fused-ring (bicyclic) bond motifs is 1. The van der Waals surface area contributed by atoms with Crippen LogP contribution in [-0.4, -0.2) is 37.3 Å². The van der Waals surface area contributed by atoms with Gasteiger partial charge in [-0.05, 0) is 68.9 Å². The van der Waals surface area contributed by atoms with E-state index in [-0.39, 0.29) is 34.9 Å². The van der Waals surface area contributed by atoms with Gasteiger partial charge in [-0.25, -0.2) is 8.42 Å². The molecule has 0 bridgehead atoms. The van der Waals surface area contributed by atoms with E-state index in [2.05, 4.69) is 5.32 Å². The minimum atomic E-state index is -3.67. The molecule has 5 rings (SSSR count). The van der Waals surface area contributed by atoms with Crippen LogP contribution in [0.5, 0.6) is 5.75 Å². The molecule has 6 nitrogen and oxygen atoms in total. The lowest BCUT2D eigenvalue weighted by Gasteiger charge is -2.45. The molecular formula is C26H31ClN2O4S. The highest BCUT2D eigenvalue weighted by molar-refractivity contribution is 7.89. The molecule has 2 aliphatic heterocycles. The lowest BCUT2D eigenvalue weighted by Crippen LogP contribution is -2.49. The van der Waals surface area contributed by atoms with Crippen LogP contribution in [0.4, 0.5) is 0 Å². The topological polar surface area (TPSA) is 75.7 Å². The lowest BCUT2D eigenvalue weighted by molar-refractivity contribution is -0.127. The Morgan fingerprint density at radius 2 is 1.76 bits per heavy atom. The van der Waals surface area contributed by atoms with Gasteiger partial charge in [-0.2, -0.15) is 4.31 Å². The number of benzene rings is 2. The maximum Gasteiger partial charge on any atom is 0.243 e. The van der Waals surface area contributed by atoms with Gasteiger partial charge in [-0.15, -0.1) is 0 Å². The van der Waals surface area contributed by atoms with Crippen LogP contribution in [0.2, 0.25) is 5.02 Å². The van der Waals surface area contributed by atoms with E-state index in [9.17, 15) is 13.2 Å². The van der Waals surface area contributed by atoms with Crippen molar-refractivity contribution in [3.8, 4) is 5.75 Å². The number of piperidine rings is 1. The van der Waals surface area contributed by atoms with Crippen LogP contribution in [0.1, 0.15) is 63.0 Å². The summed E-state index contributed by atoms with van der Waals surface area (Å²) in [6.45, 7) is 0.602. The summed E-state index contributed by atoms with van der Waals surface area (Å²) in [5.41, 5.74) is 0.787. The van der Waals surface area contributed by atoms with E-state index in [1.165, 1.54) is 22.9 Å². The second-order valence-electron chi connectivity index (χ2n) is 9.80. The van der Waals surface area contributed by atoms with Crippen molar-refractivity contribution < 1.29 is 17.9 Å². The Kier molecular flexibility index (Phi) is 6.62. The first-order valence-electron chi connectivity index (χ1n) is 12.2. The van der Waals surface area contributed by atoms with Gasteiger partial charge in [0, 0.05) is 30.1 Å². The van der Waals surface area contributed by atoms with Crippen molar-refractivity contribution in [1.29, 1.82) is 0 Å². The molecule has 2 fully saturated rings. The maximum absolute atomic E-state index is 13.4. The molecule has 1 saturated heterocycles. The van der Waals surface area contributed by atoms with Crippen LogP contribution in [0.3, 0.4) is 0 Å². The Morgan fingerprint density at radius 1 is 1.03 bits per heavy atom. The Balaban J connectivity index is 1.32. The van der Waals surface area contributed by atoms with Crippen LogP contribution in [0, 0.1) is 5.92 Å². The third-order valence-corrected chi connectivity index (χ3v) is 9.62. The molecule has 34 heavy (non-hydrogen) atoms. The third kappa shape index (κ3) is 4.70. The van der Waals surface area contributed by atoms with Crippen molar-refractivity contribution >= 4 is 27.5 Å². The zero-order valence-electron chi connectivity index (χ0n) is 19.2. The Hall–Kier alpha value is -2.09. The van der Waals surface area contributed by atoms with Crippen molar-refractivity contribution in [3.63, 3.8) is 0 Å². The van der Waals surface area contributed by atoms with Gasteiger partial charge in [0.25, 0.3) is 0 Å². The van der Waals surface area contributed by atoms with Crippen LogP contribution >= 0.6 is 11.6 Å². The van der Waals surface area contributed by atoms with Gasteiger partial charge < -0.3 is 10.1 Å².